The molecule has 0 unspecified atom stereocenters. The van der Waals surface area contributed by atoms with Crippen LogP contribution in [0.5, 0.6) is 5.88 Å². The van der Waals surface area contributed by atoms with Gasteiger partial charge in [-0.2, -0.15) is 0 Å². The van der Waals surface area contributed by atoms with Crippen molar-refractivity contribution in [2.24, 2.45) is 5.34 Å². The summed E-state index contributed by atoms with van der Waals surface area (Å²) in [4.78, 5) is 25.9. The van der Waals surface area contributed by atoms with Crippen LogP contribution in [0.4, 0.5) is 0 Å². The molecule has 36 heavy (non-hydrogen) atoms. The molecule has 0 radical (unpaired) electrons. The molecule has 11 heteroatoms. The minimum atomic E-state index is 0.592. The lowest BCUT2D eigenvalue weighted by Gasteiger charge is -2.11. The third-order valence-corrected chi connectivity index (χ3v) is 7.35. The van der Waals surface area contributed by atoms with Crippen LogP contribution < -0.4 is 4.74 Å². The van der Waals surface area contributed by atoms with Gasteiger partial charge in [0.05, 0.1) is 29.5 Å². The van der Waals surface area contributed by atoms with Crippen molar-refractivity contribution in [2.75, 3.05) is 19.5 Å². The van der Waals surface area contributed by atoms with Gasteiger partial charge < -0.3 is 14.6 Å². The van der Waals surface area contributed by atoms with Gasteiger partial charge in [0.25, 0.3) is 0 Å². The summed E-state index contributed by atoms with van der Waals surface area (Å²) >= 11 is 3.54. The molecule has 5 aromatic rings. The fourth-order valence-electron chi connectivity index (χ4n) is 3.46. The van der Waals surface area contributed by atoms with Crippen molar-refractivity contribution in [2.45, 2.75) is 29.7 Å². The van der Waals surface area contributed by atoms with Crippen LogP contribution in [-0.4, -0.2) is 44.0 Å². The number of nitrogens with zero attached hydrogens (tertiary/aromatic N) is 5. The monoisotopic (exact) mass is 522 g/mol. The Kier molecular flexibility index (Phi) is 8.80. The molecule has 0 spiro atoms. The van der Waals surface area contributed by atoms with Crippen LogP contribution in [0.1, 0.15) is 16.8 Å². The Bertz CT molecular complexity index is 1420. The highest BCUT2D eigenvalue weighted by molar-refractivity contribution is 7.99. The number of para-hydroxylation sites is 2. The number of aromatic nitrogens is 5. The fraction of sp³-hybridized carbons (Fsp3) is 0.240. The summed E-state index contributed by atoms with van der Waals surface area (Å²) in [5.41, 5.74) is 6.55. The Morgan fingerprint density at radius 1 is 1.06 bits per heavy atom. The SMILES string of the molecule is CON=O.Cc1c(CSc2nc3ccccc3[nH]2)cccc1SCCOc1ccc2ncc(C)n2n1. The number of hydrogen-bond acceptors (Lipinski definition) is 9. The average molecular weight is 523 g/mol. The highest BCUT2D eigenvalue weighted by atomic mass is 32.2. The lowest BCUT2D eigenvalue weighted by Crippen LogP contribution is -2.04. The smallest absolute Gasteiger partial charge is 0.231 e. The summed E-state index contributed by atoms with van der Waals surface area (Å²) in [7, 11) is 1.20. The minimum Gasteiger partial charge on any atom is -0.476 e. The van der Waals surface area contributed by atoms with Gasteiger partial charge >= 0.3 is 0 Å². The number of ether oxygens (including phenoxy) is 1. The number of benzene rings is 2. The van der Waals surface area contributed by atoms with Gasteiger partial charge in [-0.1, -0.05) is 36.0 Å². The van der Waals surface area contributed by atoms with E-state index in [0.717, 1.165) is 39.0 Å². The van der Waals surface area contributed by atoms with Crippen LogP contribution in [0.15, 0.2) is 76.2 Å². The number of hydrogen-bond donors (Lipinski definition) is 1. The first kappa shape index (κ1) is 25.5. The van der Waals surface area contributed by atoms with E-state index >= 15 is 0 Å². The number of thioether (sulfide) groups is 2. The van der Waals surface area contributed by atoms with Crippen LogP contribution in [0, 0.1) is 18.8 Å². The van der Waals surface area contributed by atoms with Crippen molar-refractivity contribution < 1.29 is 9.57 Å². The van der Waals surface area contributed by atoms with Crippen molar-refractivity contribution in [3.05, 3.63) is 82.5 Å². The molecule has 9 nitrogen and oxygen atoms in total. The first-order valence-electron chi connectivity index (χ1n) is 11.2. The highest BCUT2D eigenvalue weighted by Crippen LogP contribution is 2.29. The van der Waals surface area contributed by atoms with E-state index in [1.165, 1.54) is 23.1 Å². The third kappa shape index (κ3) is 6.35. The lowest BCUT2D eigenvalue weighted by molar-refractivity contribution is 0.208. The number of aromatic amines is 1. The largest absolute Gasteiger partial charge is 0.476 e. The Balaban J connectivity index is 0.000000709. The maximum absolute atomic E-state index is 8.70. The molecule has 0 aliphatic carbocycles. The van der Waals surface area contributed by atoms with E-state index in [-0.39, 0.29) is 0 Å². The van der Waals surface area contributed by atoms with Crippen LogP contribution in [0.2, 0.25) is 0 Å². The summed E-state index contributed by atoms with van der Waals surface area (Å²) in [6, 6.07) is 18.4. The normalized spacial score (nSPS) is 10.8. The number of rotatable bonds is 9. The standard InChI is InChI=1S/C24H23N5OS2.CH3NO2/c1-16-14-25-22-10-11-23(28-29(16)22)30-12-13-31-21-9-5-6-18(17(21)2)15-32-24-26-19-7-3-4-8-20(19)27-24;1-4-2-3/h3-11,14H,12-13,15H2,1-2H3,(H,26,27);1H3. The van der Waals surface area contributed by atoms with E-state index in [4.69, 9.17) is 9.64 Å². The zero-order valence-electron chi connectivity index (χ0n) is 20.2. The number of fused-ring (bicyclic) bond motifs is 2. The van der Waals surface area contributed by atoms with Gasteiger partial charge in [0, 0.05) is 22.5 Å². The molecule has 186 valence electrons. The average Bonchev–Trinajstić information content (AvgIpc) is 3.49. The van der Waals surface area contributed by atoms with Crippen molar-refractivity contribution in [1.82, 2.24) is 24.6 Å². The zero-order chi connectivity index (χ0) is 25.3. The molecule has 0 saturated carbocycles. The van der Waals surface area contributed by atoms with Gasteiger partial charge in [0.1, 0.15) is 7.11 Å². The van der Waals surface area contributed by atoms with Crippen molar-refractivity contribution in [1.29, 1.82) is 0 Å². The number of aryl methyl sites for hydroxylation is 1. The van der Waals surface area contributed by atoms with Crippen LogP contribution in [-0.2, 0) is 10.6 Å². The van der Waals surface area contributed by atoms with Gasteiger partial charge in [0.2, 0.25) is 5.88 Å². The van der Waals surface area contributed by atoms with E-state index < -0.39 is 0 Å². The van der Waals surface area contributed by atoms with E-state index in [1.54, 1.807) is 16.3 Å². The molecule has 0 bridgehead atoms. The molecule has 0 atom stereocenters. The van der Waals surface area contributed by atoms with E-state index in [1.807, 2.05) is 60.6 Å². The maximum Gasteiger partial charge on any atom is 0.231 e. The second-order valence-electron chi connectivity index (χ2n) is 7.68. The molecule has 0 saturated heterocycles. The van der Waals surface area contributed by atoms with E-state index in [2.05, 4.69) is 56.1 Å². The summed E-state index contributed by atoms with van der Waals surface area (Å²) < 4.78 is 7.67. The molecular weight excluding hydrogens is 496 g/mol. The maximum atomic E-state index is 8.70. The molecule has 0 fully saturated rings. The number of H-pyrrole nitrogens is 1. The van der Waals surface area contributed by atoms with Crippen molar-refractivity contribution in [3.8, 4) is 5.88 Å². The van der Waals surface area contributed by atoms with Gasteiger partial charge in [-0.15, -0.1) is 21.8 Å². The molecule has 0 amide bonds. The van der Waals surface area contributed by atoms with E-state index in [9.17, 15) is 0 Å². The van der Waals surface area contributed by atoms with Gasteiger partial charge in [-0.25, -0.2) is 14.5 Å². The molecule has 0 aliphatic heterocycles. The number of imidazole rings is 2. The number of nitrogens with one attached hydrogen (secondary N) is 1. The molecule has 2 aromatic carbocycles. The fourth-order valence-corrected chi connectivity index (χ4v) is 5.32. The molecule has 1 N–H and O–H groups in total. The van der Waals surface area contributed by atoms with Gasteiger partial charge in [-0.3, -0.25) is 0 Å². The molecule has 5 rings (SSSR count). The molecule has 0 aliphatic rings. The zero-order valence-corrected chi connectivity index (χ0v) is 21.8. The third-order valence-electron chi connectivity index (χ3n) is 5.30. The predicted octanol–water partition coefficient (Wildman–Crippen LogP) is 6.00. The quantitative estimate of drug-likeness (QED) is 0.109. The molecular formula is C25H26N6O3S2. The van der Waals surface area contributed by atoms with Crippen LogP contribution >= 0.6 is 23.5 Å². The summed E-state index contributed by atoms with van der Waals surface area (Å²) in [6.45, 7) is 4.76. The Hall–Kier alpha value is -3.57. The van der Waals surface area contributed by atoms with Gasteiger partial charge in [-0.05, 0) is 49.2 Å². The highest BCUT2D eigenvalue weighted by Gasteiger charge is 2.08. The summed E-state index contributed by atoms with van der Waals surface area (Å²) in [5, 5.41) is 7.43. The van der Waals surface area contributed by atoms with Gasteiger partial charge in [0.15, 0.2) is 16.1 Å². The molecule has 3 heterocycles. The Morgan fingerprint density at radius 3 is 2.69 bits per heavy atom. The first-order valence-corrected chi connectivity index (χ1v) is 13.1. The first-order chi connectivity index (χ1) is 17.6. The topological polar surface area (TPSA) is 107 Å². The predicted molar refractivity (Wildman–Crippen MR) is 144 cm³/mol. The lowest BCUT2D eigenvalue weighted by atomic mass is 10.1. The van der Waals surface area contributed by atoms with Crippen LogP contribution in [0.25, 0.3) is 16.7 Å². The summed E-state index contributed by atoms with van der Waals surface area (Å²) in [5.74, 6) is 2.35. The van der Waals surface area contributed by atoms with Crippen molar-refractivity contribution >= 4 is 40.2 Å². The molecule has 3 aromatic heterocycles. The van der Waals surface area contributed by atoms with E-state index in [0.29, 0.717) is 12.5 Å². The minimum absolute atomic E-state index is 0.592. The van der Waals surface area contributed by atoms with Crippen molar-refractivity contribution in [3.63, 3.8) is 0 Å². The Morgan fingerprint density at radius 2 is 1.89 bits per heavy atom. The second-order valence-corrected chi connectivity index (χ2v) is 9.78. The summed E-state index contributed by atoms with van der Waals surface area (Å²) in [6.07, 6.45) is 1.81. The van der Waals surface area contributed by atoms with Crippen LogP contribution in [0.3, 0.4) is 0 Å². The second kappa shape index (κ2) is 12.4. The Labute approximate surface area is 216 Å².